The smallest absolute Gasteiger partial charge is 0.307 e. The Morgan fingerprint density at radius 3 is 2.69 bits per heavy atom. The predicted octanol–water partition coefficient (Wildman–Crippen LogP) is 1.32. The minimum atomic E-state index is -3.91. The highest BCUT2D eigenvalue weighted by atomic mass is 32.2. The van der Waals surface area contributed by atoms with Crippen molar-refractivity contribution in [3.8, 4) is 0 Å². The number of benzene rings is 2. The van der Waals surface area contributed by atoms with Crippen molar-refractivity contribution in [2.75, 3.05) is 17.2 Å². The fourth-order valence-corrected chi connectivity index (χ4v) is 4.19. The molecule has 1 atom stereocenters. The zero-order valence-electron chi connectivity index (χ0n) is 15.0. The topological polar surface area (TPSA) is 145 Å². The van der Waals surface area contributed by atoms with Crippen LogP contribution in [0.1, 0.15) is 6.42 Å². The van der Waals surface area contributed by atoms with E-state index in [9.17, 15) is 22.8 Å². The first kappa shape index (κ1) is 20.8. The van der Waals surface area contributed by atoms with Crippen molar-refractivity contribution in [3.63, 3.8) is 0 Å². The maximum atomic E-state index is 12.1. The van der Waals surface area contributed by atoms with Gasteiger partial charge in [0.05, 0.1) is 22.3 Å². The largest absolute Gasteiger partial charge is 0.456 e. The van der Waals surface area contributed by atoms with E-state index in [0.717, 1.165) is 4.90 Å². The van der Waals surface area contributed by atoms with Crippen LogP contribution in [0.5, 0.6) is 0 Å². The Hall–Kier alpha value is -2.89. The van der Waals surface area contributed by atoms with Gasteiger partial charge in [-0.2, -0.15) is 0 Å². The summed E-state index contributed by atoms with van der Waals surface area (Å²) in [5.74, 6) is -1.67. The fourth-order valence-electron chi connectivity index (χ4n) is 2.53. The van der Waals surface area contributed by atoms with Crippen LogP contribution in [-0.2, 0) is 29.1 Å². The van der Waals surface area contributed by atoms with E-state index < -0.39 is 33.8 Å². The highest BCUT2D eigenvalue weighted by Gasteiger charge is 2.29. The molecule has 0 fully saturated rings. The Morgan fingerprint density at radius 1 is 1.17 bits per heavy atom. The molecule has 0 unspecified atom stereocenters. The molecule has 2 aromatic rings. The van der Waals surface area contributed by atoms with Gasteiger partial charge in [-0.25, -0.2) is 13.6 Å². The van der Waals surface area contributed by atoms with Gasteiger partial charge in [-0.05, 0) is 30.3 Å². The molecule has 152 valence electrons. The lowest BCUT2D eigenvalue weighted by molar-refractivity contribution is -0.147. The van der Waals surface area contributed by atoms with E-state index in [4.69, 9.17) is 9.88 Å². The fraction of sp³-hybridized carbons (Fsp3) is 0.167. The van der Waals surface area contributed by atoms with Crippen molar-refractivity contribution in [1.29, 1.82) is 0 Å². The van der Waals surface area contributed by atoms with E-state index in [1.807, 2.05) is 12.1 Å². The third-order valence-electron chi connectivity index (χ3n) is 3.87. The van der Waals surface area contributed by atoms with Crippen LogP contribution in [0.4, 0.5) is 11.4 Å². The van der Waals surface area contributed by atoms with Crippen molar-refractivity contribution in [2.45, 2.75) is 21.5 Å². The van der Waals surface area contributed by atoms with Crippen LogP contribution in [0, 0.1) is 0 Å². The molecule has 0 aliphatic carbocycles. The number of rotatable bonds is 6. The number of para-hydroxylation sites is 1. The highest BCUT2D eigenvalue weighted by Crippen LogP contribution is 2.36. The number of carbonyl (C=O) groups excluding carboxylic acids is 3. The van der Waals surface area contributed by atoms with Gasteiger partial charge < -0.3 is 15.4 Å². The molecule has 4 N–H and O–H groups in total. The van der Waals surface area contributed by atoms with Crippen LogP contribution in [0.25, 0.3) is 0 Å². The molecule has 29 heavy (non-hydrogen) atoms. The van der Waals surface area contributed by atoms with Crippen LogP contribution in [0.2, 0.25) is 0 Å². The number of esters is 1. The van der Waals surface area contributed by atoms with Crippen molar-refractivity contribution in [2.24, 2.45) is 5.14 Å². The van der Waals surface area contributed by atoms with Crippen LogP contribution >= 0.6 is 11.8 Å². The Bertz CT molecular complexity index is 1070. The lowest BCUT2D eigenvalue weighted by Gasteiger charge is -2.23. The maximum absolute atomic E-state index is 12.1. The van der Waals surface area contributed by atoms with Gasteiger partial charge in [0.25, 0.3) is 5.91 Å². The molecule has 0 spiro atoms. The molecule has 1 aliphatic rings. The van der Waals surface area contributed by atoms with Gasteiger partial charge in [-0.3, -0.25) is 14.4 Å². The van der Waals surface area contributed by atoms with E-state index in [1.165, 1.54) is 36.0 Å². The molecular formula is C18H17N3O6S2. The average Bonchev–Trinajstić information content (AvgIpc) is 2.66. The molecular weight excluding hydrogens is 418 g/mol. The molecule has 0 saturated heterocycles. The number of hydrogen-bond donors (Lipinski definition) is 3. The van der Waals surface area contributed by atoms with Crippen molar-refractivity contribution >= 4 is 50.9 Å². The second-order valence-electron chi connectivity index (χ2n) is 6.08. The summed E-state index contributed by atoms with van der Waals surface area (Å²) in [5.41, 5.74) is 0.879. The summed E-state index contributed by atoms with van der Waals surface area (Å²) in [4.78, 5) is 36.8. The summed E-state index contributed by atoms with van der Waals surface area (Å²) in [7, 11) is -3.91. The number of ether oxygens (including phenoxy) is 1. The van der Waals surface area contributed by atoms with E-state index in [-0.39, 0.29) is 22.9 Å². The van der Waals surface area contributed by atoms with E-state index in [2.05, 4.69) is 10.6 Å². The molecule has 0 aromatic heterocycles. The number of anilines is 2. The van der Waals surface area contributed by atoms with E-state index in [0.29, 0.717) is 5.69 Å². The standard InChI is InChI=1S/C18H17N3O6S2/c19-29(25,26)12-5-3-4-11(8-12)20-16(22)10-27-17(23)9-15-18(24)21-13-6-1-2-7-14(13)28-15/h1-8,15H,9-10H2,(H,20,22)(H,21,24)(H2,19,25,26)/t15-/m1/s1. The zero-order valence-corrected chi connectivity index (χ0v) is 16.6. The molecule has 0 bridgehead atoms. The van der Waals surface area contributed by atoms with Gasteiger partial charge in [-0.1, -0.05) is 18.2 Å². The zero-order chi connectivity index (χ0) is 21.0. The molecule has 0 saturated carbocycles. The first-order chi connectivity index (χ1) is 13.7. The lowest BCUT2D eigenvalue weighted by Crippen LogP contribution is -2.32. The van der Waals surface area contributed by atoms with Crippen LogP contribution in [0.15, 0.2) is 58.3 Å². The van der Waals surface area contributed by atoms with Gasteiger partial charge in [-0.15, -0.1) is 11.8 Å². The van der Waals surface area contributed by atoms with Gasteiger partial charge in [0.2, 0.25) is 15.9 Å². The minimum Gasteiger partial charge on any atom is -0.456 e. The normalized spacial score (nSPS) is 15.8. The number of nitrogens with two attached hydrogens (primary N) is 1. The summed E-state index contributed by atoms with van der Waals surface area (Å²) in [5, 5.41) is 9.52. The number of nitrogens with one attached hydrogen (secondary N) is 2. The van der Waals surface area contributed by atoms with Crippen LogP contribution in [-0.4, -0.2) is 38.1 Å². The Balaban J connectivity index is 1.51. The summed E-state index contributed by atoms with van der Waals surface area (Å²) in [6.45, 7) is -0.575. The highest BCUT2D eigenvalue weighted by molar-refractivity contribution is 8.01. The number of sulfonamides is 1. The first-order valence-electron chi connectivity index (χ1n) is 8.37. The number of hydrogen-bond acceptors (Lipinski definition) is 7. The van der Waals surface area contributed by atoms with Crippen molar-refractivity contribution in [1.82, 2.24) is 0 Å². The second-order valence-corrected chi connectivity index (χ2v) is 8.88. The first-order valence-corrected chi connectivity index (χ1v) is 10.8. The summed E-state index contributed by atoms with van der Waals surface area (Å²) < 4.78 is 27.6. The van der Waals surface area contributed by atoms with Gasteiger partial charge in [0, 0.05) is 10.6 Å². The number of thioether (sulfide) groups is 1. The molecule has 11 heteroatoms. The maximum Gasteiger partial charge on any atom is 0.307 e. The summed E-state index contributed by atoms with van der Waals surface area (Å²) >= 11 is 1.25. The third kappa shape index (κ3) is 5.56. The Kier molecular flexibility index (Phi) is 6.20. The SMILES string of the molecule is NS(=O)(=O)c1cccc(NC(=O)COC(=O)C[C@H]2Sc3ccccc3NC2=O)c1. The molecule has 0 radical (unpaired) electrons. The van der Waals surface area contributed by atoms with Crippen LogP contribution < -0.4 is 15.8 Å². The van der Waals surface area contributed by atoms with Crippen molar-refractivity contribution < 1.29 is 27.5 Å². The van der Waals surface area contributed by atoms with Crippen LogP contribution in [0.3, 0.4) is 0 Å². The average molecular weight is 435 g/mol. The Morgan fingerprint density at radius 2 is 1.93 bits per heavy atom. The second kappa shape index (κ2) is 8.64. The number of primary sulfonamides is 1. The molecule has 9 nitrogen and oxygen atoms in total. The molecule has 1 aliphatic heterocycles. The van der Waals surface area contributed by atoms with Crippen molar-refractivity contribution in [3.05, 3.63) is 48.5 Å². The summed E-state index contributed by atoms with van der Waals surface area (Å²) in [6, 6.07) is 12.6. The number of fused-ring (bicyclic) bond motifs is 1. The minimum absolute atomic E-state index is 0.159. The van der Waals surface area contributed by atoms with E-state index >= 15 is 0 Å². The van der Waals surface area contributed by atoms with Gasteiger partial charge in [0.1, 0.15) is 0 Å². The van der Waals surface area contributed by atoms with E-state index in [1.54, 1.807) is 12.1 Å². The Labute approximate surface area is 171 Å². The quantitative estimate of drug-likeness (QED) is 0.580. The van der Waals surface area contributed by atoms with Gasteiger partial charge >= 0.3 is 5.97 Å². The monoisotopic (exact) mass is 435 g/mol. The molecule has 2 aromatic carbocycles. The predicted molar refractivity (Wildman–Crippen MR) is 107 cm³/mol. The number of amides is 2. The third-order valence-corrected chi connectivity index (χ3v) is 6.06. The molecule has 1 heterocycles. The molecule has 3 rings (SSSR count). The van der Waals surface area contributed by atoms with Gasteiger partial charge in [0.15, 0.2) is 6.61 Å². The summed E-state index contributed by atoms with van der Waals surface area (Å²) in [6.07, 6.45) is -0.195. The molecule has 2 amide bonds. The lowest BCUT2D eigenvalue weighted by atomic mass is 10.2. The number of carbonyl (C=O) groups is 3.